The van der Waals surface area contributed by atoms with Gasteiger partial charge in [-0.15, -0.1) is 5.10 Å². The Hall–Kier alpha value is -4.26. The SMILES string of the molecule is CO[C@H]1C[C@@H]2CC[C@@H](C)[C@@](O)(O2)C(=O)C(=O)N2CCCC[C@H]2C(=O)O[C@H]([C@H](C)C[C@@H]2CC[C@H](n3[14cH]nnn3)[C@H](OC)C2)CC(=O)[C@H](C)/C=C(/C)[C@@H](O)[C@@H](OC)C(=O)[C@H](C)C[C@H](C)C\C=C/C=C\C=C/1C. The number of cyclic esters (lactones) is 1. The molecule has 390 valence electrons. The molecule has 1 saturated carbocycles. The molecule has 17 nitrogen and oxygen atoms in total. The number of rotatable bonds is 7. The van der Waals surface area contributed by atoms with Crippen LogP contribution in [0.5, 0.6) is 0 Å². The molecule has 0 aromatic carbocycles. The predicted molar refractivity (Wildman–Crippen MR) is 261 cm³/mol. The summed E-state index contributed by atoms with van der Waals surface area (Å²) in [5.41, 5.74) is 1.29. The van der Waals surface area contributed by atoms with Crippen LogP contribution < -0.4 is 0 Å². The van der Waals surface area contributed by atoms with E-state index >= 15 is 0 Å². The van der Waals surface area contributed by atoms with Crippen molar-refractivity contribution in [2.75, 3.05) is 27.9 Å². The summed E-state index contributed by atoms with van der Waals surface area (Å²) in [6, 6.07) is -1.19. The van der Waals surface area contributed by atoms with Crippen molar-refractivity contribution in [1.82, 2.24) is 25.1 Å². The fourth-order valence-electron chi connectivity index (χ4n) is 10.9. The van der Waals surface area contributed by atoms with Crippen molar-refractivity contribution in [1.29, 1.82) is 0 Å². The topological polar surface area (TPSA) is 219 Å². The molecule has 17 heteroatoms. The van der Waals surface area contributed by atoms with Gasteiger partial charge in [0.1, 0.15) is 36.5 Å². The summed E-state index contributed by atoms with van der Waals surface area (Å²) >= 11 is 0. The molecule has 0 spiro atoms. The van der Waals surface area contributed by atoms with Crippen molar-refractivity contribution in [3.8, 4) is 0 Å². The molecule has 3 fully saturated rings. The molecule has 15 atom stereocenters. The number of ketones is 3. The maximum atomic E-state index is 14.5. The fourth-order valence-corrected chi connectivity index (χ4v) is 10.9. The summed E-state index contributed by atoms with van der Waals surface area (Å²) in [4.78, 5) is 72.4. The third-order valence-corrected chi connectivity index (χ3v) is 15.4. The minimum atomic E-state index is -2.43. The maximum absolute atomic E-state index is 14.5. The van der Waals surface area contributed by atoms with E-state index < -0.39 is 77.8 Å². The van der Waals surface area contributed by atoms with Crippen molar-refractivity contribution < 1.29 is 57.9 Å². The van der Waals surface area contributed by atoms with E-state index in [-0.39, 0.29) is 60.9 Å². The van der Waals surface area contributed by atoms with E-state index in [1.54, 1.807) is 52.1 Å². The zero-order valence-electron chi connectivity index (χ0n) is 43.2. The Morgan fingerprint density at radius 2 is 1.66 bits per heavy atom. The van der Waals surface area contributed by atoms with Crippen LogP contribution in [0.3, 0.4) is 0 Å². The highest BCUT2D eigenvalue weighted by Crippen LogP contribution is 2.39. The highest BCUT2D eigenvalue weighted by molar-refractivity contribution is 6.39. The Kier molecular flexibility index (Phi) is 21.4. The van der Waals surface area contributed by atoms with E-state index in [1.165, 1.54) is 12.0 Å². The van der Waals surface area contributed by atoms with Gasteiger partial charge < -0.3 is 38.8 Å². The van der Waals surface area contributed by atoms with Crippen LogP contribution in [-0.2, 0) is 47.7 Å². The first kappa shape index (κ1) is 56.7. The van der Waals surface area contributed by atoms with Crippen molar-refractivity contribution in [3.63, 3.8) is 0 Å². The number of piperidine rings is 1. The van der Waals surface area contributed by atoms with Crippen molar-refractivity contribution in [3.05, 3.63) is 53.9 Å². The molecule has 1 amide bonds. The van der Waals surface area contributed by atoms with Crippen molar-refractivity contribution in [2.24, 2.45) is 35.5 Å². The van der Waals surface area contributed by atoms with E-state index in [1.807, 2.05) is 51.2 Å². The van der Waals surface area contributed by atoms with Crippen LogP contribution in [-0.4, -0.2) is 141 Å². The lowest BCUT2D eigenvalue weighted by Gasteiger charge is -2.42. The molecule has 2 N–H and O–H groups in total. The zero-order valence-corrected chi connectivity index (χ0v) is 43.2. The molecule has 70 heavy (non-hydrogen) atoms. The third kappa shape index (κ3) is 14.5. The molecule has 1 aromatic rings. The van der Waals surface area contributed by atoms with Gasteiger partial charge in [-0.25, -0.2) is 9.48 Å². The maximum Gasteiger partial charge on any atom is 0.329 e. The number of fused-ring (bicyclic) bond motifs is 3. The molecular weight excluding hydrogens is 901 g/mol. The van der Waals surface area contributed by atoms with Crippen molar-refractivity contribution >= 4 is 29.2 Å². The molecule has 5 rings (SSSR count). The number of Topliss-reactive ketones (excluding diaryl/α,β-unsaturated/α-hetero) is 3. The second-order valence-electron chi connectivity index (χ2n) is 20.8. The number of nitrogens with zero attached hydrogens (tertiary/aromatic N) is 5. The first-order valence-corrected chi connectivity index (χ1v) is 25.5. The molecule has 1 aromatic heterocycles. The van der Waals surface area contributed by atoms with Gasteiger partial charge in [0.2, 0.25) is 5.79 Å². The highest BCUT2D eigenvalue weighted by Gasteiger charge is 2.53. The minimum Gasteiger partial charge on any atom is -0.460 e. The van der Waals surface area contributed by atoms with Crippen LogP contribution in [0.2, 0.25) is 0 Å². The molecule has 1 aliphatic carbocycles. The lowest BCUT2D eigenvalue weighted by molar-refractivity contribution is -0.265. The van der Waals surface area contributed by atoms with Gasteiger partial charge in [-0.2, -0.15) is 0 Å². The Morgan fingerprint density at radius 3 is 2.34 bits per heavy atom. The smallest absolute Gasteiger partial charge is 0.329 e. The molecule has 0 radical (unpaired) electrons. The van der Waals surface area contributed by atoms with Crippen LogP contribution >= 0.6 is 0 Å². The van der Waals surface area contributed by atoms with Crippen LogP contribution in [0.4, 0.5) is 0 Å². The number of ether oxygens (including phenoxy) is 5. The first-order valence-electron chi connectivity index (χ1n) is 25.5. The van der Waals surface area contributed by atoms with Crippen LogP contribution in [0.15, 0.2) is 53.9 Å². The number of hydrogen-bond acceptors (Lipinski definition) is 15. The Labute approximate surface area is 414 Å². The molecule has 0 unspecified atom stereocenters. The number of hydrogen-bond donors (Lipinski definition) is 2. The van der Waals surface area contributed by atoms with Gasteiger partial charge in [0.05, 0.1) is 24.4 Å². The van der Waals surface area contributed by atoms with E-state index in [9.17, 15) is 34.2 Å². The van der Waals surface area contributed by atoms with Crippen LogP contribution in [0.1, 0.15) is 138 Å². The number of amides is 1. The average Bonchev–Trinajstić information content (AvgIpc) is 3.89. The lowest BCUT2D eigenvalue weighted by Crippen LogP contribution is -2.61. The number of aliphatic hydroxyl groups excluding tert-OH is 1. The number of carbonyl (C=O) groups excluding carboxylic acids is 5. The molecular formula is C53H81N5O12. The number of methoxy groups -OCH3 is 3. The second-order valence-corrected chi connectivity index (χ2v) is 20.8. The van der Waals surface area contributed by atoms with Gasteiger partial charge in [-0.3, -0.25) is 19.2 Å². The number of aliphatic hydroxyl groups is 2. The molecule has 2 saturated heterocycles. The number of carbonyl (C=O) groups is 5. The van der Waals surface area contributed by atoms with E-state index in [0.29, 0.717) is 56.9 Å². The first-order chi connectivity index (χ1) is 33.3. The fraction of sp³-hybridized carbons (Fsp3) is 0.736. The number of allylic oxidation sites excluding steroid dienone is 6. The highest BCUT2D eigenvalue weighted by atomic mass is 16.6. The van der Waals surface area contributed by atoms with Gasteiger partial charge in [-0.1, -0.05) is 71.1 Å². The summed E-state index contributed by atoms with van der Waals surface area (Å²) in [5.74, 6) is -7.71. The van der Waals surface area contributed by atoms with Crippen LogP contribution in [0, 0.1) is 35.5 Å². The average molecular weight is 982 g/mol. The van der Waals surface area contributed by atoms with Gasteiger partial charge in [-0.05, 0) is 124 Å². The summed E-state index contributed by atoms with van der Waals surface area (Å²) in [7, 11) is 4.64. The number of tetrazole rings is 1. The Morgan fingerprint density at radius 1 is 0.900 bits per heavy atom. The molecule has 4 aliphatic rings. The summed E-state index contributed by atoms with van der Waals surface area (Å²) in [6.45, 7) is 12.9. The normalized spacial score (nSPS) is 38.5. The third-order valence-electron chi connectivity index (χ3n) is 15.4. The van der Waals surface area contributed by atoms with Gasteiger partial charge in [0.15, 0.2) is 5.78 Å². The number of aromatic nitrogens is 4. The monoisotopic (exact) mass is 982 g/mol. The van der Waals surface area contributed by atoms with Gasteiger partial charge >= 0.3 is 5.97 Å². The second kappa shape index (κ2) is 26.4. The molecule has 2 bridgehead atoms. The zero-order chi connectivity index (χ0) is 51.3. The summed E-state index contributed by atoms with van der Waals surface area (Å²) < 4.78 is 31.6. The number of esters is 1. The van der Waals surface area contributed by atoms with Gasteiger partial charge in [0.25, 0.3) is 11.7 Å². The van der Waals surface area contributed by atoms with E-state index in [0.717, 1.165) is 24.8 Å². The molecule has 4 heterocycles. The predicted octanol–water partition coefficient (Wildman–Crippen LogP) is 6.44. The Balaban J connectivity index is 1.45. The standard InChI is InChI=1S/C53H81N5O12/c1-32-17-13-11-12-14-18-33(2)44(66-8)29-40-22-20-38(7)53(65,70-40)50(62)51(63)57-24-16-15-19-42(57)52(64)69-45(35(4)27-39-21-23-41(46(28-39)67-9)58-31-54-55-56-58)30-43(59)34(3)26-37(6)48(61)49(68-10)47(60)36(5)25-32/h11-14,18,26,31-32,34-36,38-42,44-46,48-49,61,65H,15-17,19-25,27-30H2,1-10H3/b13-11-,14-12-,33-18-,37-26-/t32-,34-,35-,36-,38-,39+,40+,41+,42+,44+,45+,46-,48-,49+,53-/m1/s1/i31+2. The Bertz CT molecular complexity index is 2040. The van der Waals surface area contributed by atoms with Crippen LogP contribution in [0.25, 0.3) is 0 Å². The quantitative estimate of drug-likeness (QED) is 0.171. The minimum absolute atomic E-state index is 0.0517. The van der Waals surface area contributed by atoms with E-state index in [4.69, 9.17) is 23.7 Å². The lowest BCUT2D eigenvalue weighted by atomic mass is 9.77. The summed E-state index contributed by atoms with van der Waals surface area (Å²) in [5, 5.41) is 35.2. The van der Waals surface area contributed by atoms with E-state index in [2.05, 4.69) is 22.4 Å². The van der Waals surface area contributed by atoms with Gasteiger partial charge in [0, 0.05) is 58.5 Å². The summed E-state index contributed by atoms with van der Waals surface area (Å²) in [6.07, 6.45) is 14.9. The largest absolute Gasteiger partial charge is 0.460 e. The van der Waals surface area contributed by atoms with Crippen molar-refractivity contribution in [2.45, 2.75) is 186 Å². The molecule has 3 aliphatic heterocycles.